The first kappa shape index (κ1) is 15.0. The minimum absolute atomic E-state index is 0.00103. The molecule has 0 bridgehead atoms. The van der Waals surface area contributed by atoms with Crippen LogP contribution in [0, 0.1) is 17.8 Å². The lowest BCUT2D eigenvalue weighted by Crippen LogP contribution is -2.41. The molecule has 3 rings (SSSR count). The molecule has 118 valence electrons. The van der Waals surface area contributed by atoms with E-state index in [-0.39, 0.29) is 29.8 Å². The van der Waals surface area contributed by atoms with Gasteiger partial charge in [-0.3, -0.25) is 4.79 Å². The maximum Gasteiger partial charge on any atom is 0.310 e. The number of rotatable bonds is 2. The summed E-state index contributed by atoms with van der Waals surface area (Å²) in [5.41, 5.74) is 2.02. The van der Waals surface area contributed by atoms with E-state index in [4.69, 9.17) is 4.74 Å². The molecule has 5 atom stereocenters. The van der Waals surface area contributed by atoms with E-state index < -0.39 is 5.60 Å². The molecule has 0 spiro atoms. The number of hydrogen-bond acceptors (Lipinski definition) is 4. The molecule has 1 saturated carbocycles. The average Bonchev–Trinajstić information content (AvgIpc) is 2.79. The highest BCUT2D eigenvalue weighted by Crippen LogP contribution is 2.52. The minimum Gasteiger partial charge on any atom is -0.461 e. The van der Waals surface area contributed by atoms with Gasteiger partial charge in [-0.2, -0.15) is 0 Å². The fraction of sp³-hybridized carbons (Fsp3) is 0.824. The molecule has 1 heterocycles. The number of fused-ring (bicyclic) bond motifs is 3. The highest BCUT2D eigenvalue weighted by molar-refractivity contribution is 5.76. The maximum atomic E-state index is 12.3. The summed E-state index contributed by atoms with van der Waals surface area (Å²) in [7, 11) is 4.00. The van der Waals surface area contributed by atoms with Gasteiger partial charge in [0.15, 0.2) is 0 Å². The second kappa shape index (κ2) is 5.10. The zero-order valence-corrected chi connectivity index (χ0v) is 13.6. The van der Waals surface area contributed by atoms with Crippen molar-refractivity contribution in [3.05, 3.63) is 11.1 Å². The molecule has 2 fully saturated rings. The smallest absolute Gasteiger partial charge is 0.310 e. The van der Waals surface area contributed by atoms with Crippen molar-refractivity contribution >= 4 is 5.97 Å². The molecule has 0 aromatic heterocycles. The van der Waals surface area contributed by atoms with Gasteiger partial charge in [-0.25, -0.2) is 0 Å². The fourth-order valence-electron chi connectivity index (χ4n) is 4.65. The third kappa shape index (κ3) is 2.42. The maximum absolute atomic E-state index is 12.3. The number of aliphatic hydroxyl groups is 1. The summed E-state index contributed by atoms with van der Waals surface area (Å²) >= 11 is 0. The van der Waals surface area contributed by atoms with E-state index in [0.29, 0.717) is 0 Å². The monoisotopic (exact) mass is 293 g/mol. The predicted octanol–water partition coefficient (Wildman–Crippen LogP) is 1.98. The number of ether oxygens (including phenoxy) is 1. The van der Waals surface area contributed by atoms with E-state index >= 15 is 0 Å². The number of hydrogen-bond donors (Lipinski definition) is 1. The fourth-order valence-corrected chi connectivity index (χ4v) is 4.65. The van der Waals surface area contributed by atoms with Crippen LogP contribution in [-0.4, -0.2) is 48.3 Å². The van der Waals surface area contributed by atoms with Crippen LogP contribution in [0.1, 0.15) is 39.5 Å². The van der Waals surface area contributed by atoms with Crippen LogP contribution in [0.4, 0.5) is 0 Å². The van der Waals surface area contributed by atoms with Crippen molar-refractivity contribution in [1.29, 1.82) is 0 Å². The first-order valence-corrected chi connectivity index (χ1v) is 8.07. The Bertz CT molecular complexity index is 480. The van der Waals surface area contributed by atoms with Gasteiger partial charge in [0.05, 0.1) is 11.5 Å². The average molecular weight is 293 g/mol. The second-order valence-corrected chi connectivity index (χ2v) is 7.61. The lowest BCUT2D eigenvalue weighted by molar-refractivity contribution is -0.148. The van der Waals surface area contributed by atoms with Crippen molar-refractivity contribution in [2.45, 2.75) is 51.2 Å². The van der Waals surface area contributed by atoms with Gasteiger partial charge in [-0.05, 0) is 53.6 Å². The molecule has 21 heavy (non-hydrogen) atoms. The van der Waals surface area contributed by atoms with Crippen LogP contribution < -0.4 is 0 Å². The summed E-state index contributed by atoms with van der Waals surface area (Å²) < 4.78 is 5.80. The van der Waals surface area contributed by atoms with Gasteiger partial charge in [-0.1, -0.05) is 11.1 Å². The molecule has 0 aromatic carbocycles. The van der Waals surface area contributed by atoms with Gasteiger partial charge in [0.1, 0.15) is 6.10 Å². The molecule has 1 aliphatic heterocycles. The van der Waals surface area contributed by atoms with E-state index in [1.165, 1.54) is 11.1 Å². The summed E-state index contributed by atoms with van der Waals surface area (Å²) in [6, 6.07) is 0. The molecule has 3 aliphatic rings. The zero-order valence-electron chi connectivity index (χ0n) is 13.6. The highest BCUT2D eigenvalue weighted by atomic mass is 16.6. The number of carbonyl (C=O) groups is 1. The van der Waals surface area contributed by atoms with Crippen LogP contribution in [0.15, 0.2) is 11.1 Å². The Balaban J connectivity index is 1.95. The minimum atomic E-state index is -0.739. The normalized spacial score (nSPS) is 42.9. The van der Waals surface area contributed by atoms with Gasteiger partial charge in [0.2, 0.25) is 0 Å². The van der Waals surface area contributed by atoms with Crippen molar-refractivity contribution in [2.24, 2.45) is 17.8 Å². The first-order chi connectivity index (χ1) is 9.81. The van der Waals surface area contributed by atoms with Crippen molar-refractivity contribution < 1.29 is 14.6 Å². The van der Waals surface area contributed by atoms with Crippen LogP contribution in [0.25, 0.3) is 0 Å². The number of allylic oxidation sites excluding steroid dienone is 1. The molecule has 1 saturated heterocycles. The van der Waals surface area contributed by atoms with Crippen molar-refractivity contribution in [3.63, 3.8) is 0 Å². The molecular weight excluding hydrogens is 266 g/mol. The summed E-state index contributed by atoms with van der Waals surface area (Å²) in [4.78, 5) is 14.4. The van der Waals surface area contributed by atoms with Crippen molar-refractivity contribution in [2.75, 3.05) is 20.6 Å². The summed E-state index contributed by atoms with van der Waals surface area (Å²) in [6.07, 6.45) is 3.62. The van der Waals surface area contributed by atoms with Gasteiger partial charge in [0.25, 0.3) is 0 Å². The molecule has 0 aromatic rings. The van der Waals surface area contributed by atoms with Crippen LogP contribution >= 0.6 is 0 Å². The summed E-state index contributed by atoms with van der Waals surface area (Å²) in [6.45, 7) is 4.84. The molecule has 4 nitrogen and oxygen atoms in total. The Morgan fingerprint density at radius 1 is 1.38 bits per heavy atom. The highest BCUT2D eigenvalue weighted by Gasteiger charge is 2.56. The van der Waals surface area contributed by atoms with E-state index in [9.17, 15) is 9.90 Å². The van der Waals surface area contributed by atoms with Crippen LogP contribution in [0.2, 0.25) is 0 Å². The van der Waals surface area contributed by atoms with Gasteiger partial charge in [-0.15, -0.1) is 0 Å². The first-order valence-electron chi connectivity index (χ1n) is 8.07. The summed E-state index contributed by atoms with van der Waals surface area (Å²) in [5.74, 6) is 0.122. The zero-order chi connectivity index (χ0) is 15.4. The molecule has 1 N–H and O–H groups in total. The predicted molar refractivity (Wildman–Crippen MR) is 80.7 cm³/mol. The standard InChI is InChI=1S/C17H27NO3/c1-10-5-6-12-13(9-18(3)4)16(19)21-15(12)14-11(10)7-8-17(14,2)20/h12-15,20H,5-9H2,1-4H3/t12-,13?,14-,15-,17+/m0/s1. The third-order valence-corrected chi connectivity index (χ3v) is 5.73. The molecule has 2 aliphatic carbocycles. The Kier molecular flexibility index (Phi) is 3.65. The molecular formula is C17H27NO3. The topological polar surface area (TPSA) is 49.8 Å². The SMILES string of the molecule is CC1=C2CC[C@@](C)(O)[C@@H]2[C@H]2OC(=O)C(CN(C)C)[C@@H]2CC1. The Morgan fingerprint density at radius 3 is 2.76 bits per heavy atom. The van der Waals surface area contributed by atoms with Crippen molar-refractivity contribution in [3.8, 4) is 0 Å². The Labute approximate surface area is 127 Å². The van der Waals surface area contributed by atoms with Crippen LogP contribution in [-0.2, 0) is 9.53 Å². The van der Waals surface area contributed by atoms with Crippen LogP contribution in [0.3, 0.4) is 0 Å². The second-order valence-electron chi connectivity index (χ2n) is 7.61. The lowest BCUT2D eigenvalue weighted by Gasteiger charge is -2.33. The van der Waals surface area contributed by atoms with Crippen molar-refractivity contribution in [1.82, 2.24) is 4.90 Å². The molecule has 0 radical (unpaired) electrons. The van der Waals surface area contributed by atoms with Gasteiger partial charge >= 0.3 is 5.97 Å². The Morgan fingerprint density at radius 2 is 2.10 bits per heavy atom. The number of nitrogens with zero attached hydrogens (tertiary/aromatic N) is 1. The lowest BCUT2D eigenvalue weighted by atomic mass is 9.77. The third-order valence-electron chi connectivity index (χ3n) is 5.73. The van der Waals surface area contributed by atoms with Gasteiger partial charge < -0.3 is 14.7 Å². The molecule has 0 amide bonds. The number of esters is 1. The molecule has 1 unspecified atom stereocenters. The van der Waals surface area contributed by atoms with E-state index in [1.807, 2.05) is 21.0 Å². The summed E-state index contributed by atoms with van der Waals surface area (Å²) in [5, 5.41) is 10.8. The van der Waals surface area contributed by atoms with E-state index in [1.54, 1.807) is 0 Å². The largest absolute Gasteiger partial charge is 0.461 e. The quantitative estimate of drug-likeness (QED) is 0.625. The van der Waals surface area contributed by atoms with E-state index in [0.717, 1.165) is 32.2 Å². The molecule has 4 heteroatoms. The van der Waals surface area contributed by atoms with Gasteiger partial charge in [0, 0.05) is 18.4 Å². The Hall–Kier alpha value is -0.870. The number of carbonyl (C=O) groups excluding carboxylic acids is 1. The van der Waals surface area contributed by atoms with Crippen LogP contribution in [0.5, 0.6) is 0 Å². The van der Waals surface area contributed by atoms with E-state index in [2.05, 4.69) is 11.8 Å².